The van der Waals surface area contributed by atoms with Crippen molar-refractivity contribution in [3.63, 3.8) is 0 Å². The first-order valence-electron chi connectivity index (χ1n) is 5.44. The van der Waals surface area contributed by atoms with Gasteiger partial charge in [0.05, 0.1) is 6.42 Å². The van der Waals surface area contributed by atoms with E-state index in [0.717, 1.165) is 5.69 Å². The Morgan fingerprint density at radius 1 is 1.29 bits per heavy atom. The molecule has 1 aromatic rings. The first-order chi connectivity index (χ1) is 7.78. The first kappa shape index (κ1) is 13.7. The molecule has 1 aromatic heterocycles. The Morgan fingerprint density at radius 3 is 2.47 bits per heavy atom. The summed E-state index contributed by atoms with van der Waals surface area (Å²) in [6.07, 6.45) is -5.01. The van der Waals surface area contributed by atoms with Crippen LogP contribution in [0.25, 0.3) is 0 Å². The SMILES string of the molecule is Cc1cc(NCCC(F)(F)F)nc(C(C)C)n1. The van der Waals surface area contributed by atoms with Crippen LogP contribution in [-0.2, 0) is 0 Å². The molecule has 0 atom stereocenters. The van der Waals surface area contributed by atoms with Crippen molar-refractivity contribution in [1.29, 1.82) is 0 Å². The highest BCUT2D eigenvalue weighted by atomic mass is 19.4. The number of hydrogen-bond donors (Lipinski definition) is 1. The lowest BCUT2D eigenvalue weighted by atomic mass is 10.2. The Hall–Kier alpha value is -1.33. The molecule has 0 aliphatic rings. The Labute approximate surface area is 98.5 Å². The number of anilines is 1. The molecule has 0 unspecified atom stereocenters. The molecule has 0 bridgehead atoms. The van der Waals surface area contributed by atoms with E-state index in [4.69, 9.17) is 0 Å². The van der Waals surface area contributed by atoms with E-state index in [0.29, 0.717) is 11.6 Å². The Kier molecular flexibility index (Phi) is 4.31. The molecule has 0 aliphatic heterocycles. The van der Waals surface area contributed by atoms with E-state index < -0.39 is 12.6 Å². The fourth-order valence-electron chi connectivity index (χ4n) is 1.27. The summed E-state index contributed by atoms with van der Waals surface area (Å²) in [4.78, 5) is 8.38. The first-order valence-corrected chi connectivity index (χ1v) is 5.44. The zero-order valence-electron chi connectivity index (χ0n) is 10.1. The third-order valence-corrected chi connectivity index (χ3v) is 2.10. The second-order valence-corrected chi connectivity index (χ2v) is 4.20. The monoisotopic (exact) mass is 247 g/mol. The quantitative estimate of drug-likeness (QED) is 0.887. The average Bonchev–Trinajstić information content (AvgIpc) is 2.14. The van der Waals surface area contributed by atoms with Crippen molar-refractivity contribution >= 4 is 5.82 Å². The number of nitrogens with one attached hydrogen (secondary N) is 1. The van der Waals surface area contributed by atoms with Gasteiger partial charge in [0.1, 0.15) is 11.6 Å². The van der Waals surface area contributed by atoms with Crippen LogP contribution in [0.1, 0.15) is 37.7 Å². The van der Waals surface area contributed by atoms with Gasteiger partial charge >= 0.3 is 6.18 Å². The highest BCUT2D eigenvalue weighted by molar-refractivity contribution is 5.36. The van der Waals surface area contributed by atoms with E-state index in [2.05, 4.69) is 15.3 Å². The molecule has 1 heterocycles. The number of rotatable bonds is 4. The van der Waals surface area contributed by atoms with Crippen LogP contribution in [0, 0.1) is 6.92 Å². The van der Waals surface area contributed by atoms with Gasteiger partial charge < -0.3 is 5.32 Å². The predicted octanol–water partition coefficient (Wildman–Crippen LogP) is 3.27. The van der Waals surface area contributed by atoms with Crippen LogP contribution in [0.15, 0.2) is 6.07 Å². The van der Waals surface area contributed by atoms with Crippen LogP contribution >= 0.6 is 0 Å². The fraction of sp³-hybridized carbons (Fsp3) is 0.636. The fourth-order valence-corrected chi connectivity index (χ4v) is 1.27. The number of nitrogens with zero attached hydrogens (tertiary/aromatic N) is 2. The highest BCUT2D eigenvalue weighted by Crippen LogP contribution is 2.19. The van der Waals surface area contributed by atoms with Gasteiger partial charge in [-0.3, -0.25) is 0 Å². The van der Waals surface area contributed by atoms with Crippen LogP contribution in [-0.4, -0.2) is 22.7 Å². The second kappa shape index (κ2) is 5.33. The topological polar surface area (TPSA) is 37.8 Å². The summed E-state index contributed by atoms with van der Waals surface area (Å²) in [6, 6.07) is 1.64. The minimum atomic E-state index is -4.14. The molecule has 0 saturated carbocycles. The third-order valence-electron chi connectivity index (χ3n) is 2.10. The maximum atomic E-state index is 12.0. The summed E-state index contributed by atoms with van der Waals surface area (Å²) in [7, 11) is 0. The molecule has 6 heteroatoms. The molecule has 0 radical (unpaired) electrons. The second-order valence-electron chi connectivity index (χ2n) is 4.20. The van der Waals surface area contributed by atoms with Gasteiger partial charge in [-0.25, -0.2) is 9.97 Å². The van der Waals surface area contributed by atoms with Crippen molar-refractivity contribution in [2.75, 3.05) is 11.9 Å². The summed E-state index contributed by atoms with van der Waals surface area (Å²) in [5.74, 6) is 1.24. The van der Waals surface area contributed by atoms with Crippen molar-refractivity contribution in [2.45, 2.75) is 39.3 Å². The maximum Gasteiger partial charge on any atom is 0.390 e. The van der Waals surface area contributed by atoms with Crippen molar-refractivity contribution in [3.05, 3.63) is 17.6 Å². The average molecular weight is 247 g/mol. The standard InChI is InChI=1S/C11H16F3N3/c1-7(2)10-16-8(3)6-9(17-10)15-5-4-11(12,13)14/h6-7H,4-5H2,1-3H3,(H,15,16,17). The number of hydrogen-bond acceptors (Lipinski definition) is 3. The smallest absolute Gasteiger partial charge is 0.370 e. The van der Waals surface area contributed by atoms with E-state index in [1.165, 1.54) is 0 Å². The van der Waals surface area contributed by atoms with Gasteiger partial charge in [-0.05, 0) is 6.92 Å². The predicted molar refractivity (Wildman–Crippen MR) is 60.0 cm³/mol. The summed E-state index contributed by atoms with van der Waals surface area (Å²) in [6.45, 7) is 5.50. The van der Waals surface area contributed by atoms with E-state index in [-0.39, 0.29) is 12.5 Å². The van der Waals surface area contributed by atoms with Crippen molar-refractivity contribution in [3.8, 4) is 0 Å². The number of aryl methyl sites for hydroxylation is 1. The van der Waals surface area contributed by atoms with E-state index in [9.17, 15) is 13.2 Å². The summed E-state index contributed by atoms with van der Waals surface area (Å²) < 4.78 is 35.9. The molecule has 0 aliphatic carbocycles. The van der Waals surface area contributed by atoms with Gasteiger partial charge in [0.2, 0.25) is 0 Å². The molecule has 96 valence electrons. The van der Waals surface area contributed by atoms with Gasteiger partial charge in [-0.2, -0.15) is 13.2 Å². The lowest BCUT2D eigenvalue weighted by molar-refractivity contribution is -0.131. The maximum absolute atomic E-state index is 12.0. The van der Waals surface area contributed by atoms with Crippen LogP contribution in [0.2, 0.25) is 0 Å². The van der Waals surface area contributed by atoms with E-state index in [1.807, 2.05) is 13.8 Å². The normalized spacial score (nSPS) is 11.9. The molecule has 0 amide bonds. The van der Waals surface area contributed by atoms with Crippen LogP contribution in [0.5, 0.6) is 0 Å². The Balaban J connectivity index is 2.65. The van der Waals surface area contributed by atoms with Gasteiger partial charge in [0.15, 0.2) is 0 Å². The van der Waals surface area contributed by atoms with Crippen LogP contribution < -0.4 is 5.32 Å². The van der Waals surface area contributed by atoms with E-state index >= 15 is 0 Å². The van der Waals surface area contributed by atoms with Gasteiger partial charge in [0.25, 0.3) is 0 Å². The van der Waals surface area contributed by atoms with Gasteiger partial charge in [0, 0.05) is 24.2 Å². The number of halogens is 3. The number of alkyl halides is 3. The third kappa shape index (κ3) is 5.01. The molecular formula is C11H16F3N3. The molecule has 0 spiro atoms. The highest BCUT2D eigenvalue weighted by Gasteiger charge is 2.26. The molecule has 1 N–H and O–H groups in total. The van der Waals surface area contributed by atoms with Crippen LogP contribution in [0.3, 0.4) is 0 Å². The summed E-state index contributed by atoms with van der Waals surface area (Å²) >= 11 is 0. The van der Waals surface area contributed by atoms with Gasteiger partial charge in [-0.15, -0.1) is 0 Å². The minimum absolute atomic E-state index is 0.151. The zero-order valence-corrected chi connectivity index (χ0v) is 10.1. The Morgan fingerprint density at radius 2 is 1.94 bits per heavy atom. The molecule has 1 rings (SSSR count). The summed E-state index contributed by atoms with van der Waals surface area (Å²) in [5.41, 5.74) is 0.748. The largest absolute Gasteiger partial charge is 0.390 e. The van der Waals surface area contributed by atoms with Crippen molar-refractivity contribution in [1.82, 2.24) is 9.97 Å². The van der Waals surface area contributed by atoms with E-state index in [1.54, 1.807) is 13.0 Å². The van der Waals surface area contributed by atoms with Crippen LogP contribution in [0.4, 0.5) is 19.0 Å². The molecule has 3 nitrogen and oxygen atoms in total. The molecule has 0 fully saturated rings. The molecule has 17 heavy (non-hydrogen) atoms. The minimum Gasteiger partial charge on any atom is -0.370 e. The molecule has 0 aromatic carbocycles. The van der Waals surface area contributed by atoms with Crippen molar-refractivity contribution < 1.29 is 13.2 Å². The van der Waals surface area contributed by atoms with Gasteiger partial charge in [-0.1, -0.05) is 13.8 Å². The molecule has 0 saturated heterocycles. The summed E-state index contributed by atoms with van der Waals surface area (Å²) in [5, 5.41) is 2.67. The molecular weight excluding hydrogens is 231 g/mol. The lowest BCUT2D eigenvalue weighted by Crippen LogP contribution is -2.15. The lowest BCUT2D eigenvalue weighted by Gasteiger charge is -2.11. The number of aromatic nitrogens is 2. The van der Waals surface area contributed by atoms with Crippen molar-refractivity contribution in [2.24, 2.45) is 0 Å². The Bertz CT molecular complexity index is 375. The zero-order chi connectivity index (χ0) is 13.1.